The minimum atomic E-state index is -2.81. The van der Waals surface area contributed by atoms with E-state index in [0.717, 1.165) is 23.8 Å². The Bertz CT molecular complexity index is 2090. The third-order valence-electron chi connectivity index (χ3n) is 9.22. The first kappa shape index (κ1) is 22.4. The summed E-state index contributed by atoms with van der Waals surface area (Å²) in [7, 11) is 0. The number of nitrogens with zero attached hydrogens (tertiary/aromatic N) is 5. The van der Waals surface area contributed by atoms with Gasteiger partial charge in [-0.05, 0) is 55.8 Å². The van der Waals surface area contributed by atoms with Gasteiger partial charge in [-0.15, -0.1) is 6.42 Å². The quantitative estimate of drug-likeness (QED) is 0.317. The second-order valence-electron chi connectivity index (χ2n) is 11.8. The number of pyridine rings is 1. The van der Waals surface area contributed by atoms with Gasteiger partial charge in [0.05, 0.1) is 20.6 Å². The number of nitrogens with one attached hydrogen (secondary N) is 1. The van der Waals surface area contributed by atoms with Gasteiger partial charge in [0, 0.05) is 58.0 Å². The van der Waals surface area contributed by atoms with Crippen molar-refractivity contribution in [3.05, 3.63) is 47.7 Å². The van der Waals surface area contributed by atoms with Crippen molar-refractivity contribution < 1.29 is 29.9 Å². The molecule has 4 atom stereocenters. The smallest absolute Gasteiger partial charge is 0.319 e. The summed E-state index contributed by atoms with van der Waals surface area (Å²) in [5.74, 6) is 0.591. The molecule has 7 heterocycles. The number of hydrogen-bond donors (Lipinski definition) is 2. The Kier molecular flexibility index (Phi) is 5.19. The minimum Gasteiger partial charge on any atom is -0.508 e. The van der Waals surface area contributed by atoms with E-state index in [1.807, 2.05) is 4.90 Å². The molecule has 5 aliphatic heterocycles. The van der Waals surface area contributed by atoms with Crippen LogP contribution in [-0.2, 0) is 0 Å². The first-order valence-electron chi connectivity index (χ1n) is 17.1. The molecule has 4 aromatic rings. The molecule has 0 saturated carbocycles. The molecule has 2 N–H and O–H groups in total. The summed E-state index contributed by atoms with van der Waals surface area (Å²) in [5.41, 5.74) is -2.62. The van der Waals surface area contributed by atoms with E-state index in [1.165, 1.54) is 24.4 Å². The van der Waals surface area contributed by atoms with Crippen molar-refractivity contribution in [2.24, 2.45) is 0 Å². The van der Waals surface area contributed by atoms with Crippen LogP contribution in [0.5, 0.6) is 11.8 Å². The Morgan fingerprint density at radius 3 is 2.93 bits per heavy atom. The summed E-state index contributed by atoms with van der Waals surface area (Å²) in [5, 5.41) is 14.7. The van der Waals surface area contributed by atoms with Gasteiger partial charge >= 0.3 is 6.01 Å². The summed E-state index contributed by atoms with van der Waals surface area (Å²) in [6, 6.07) is 4.66. The molecule has 5 fully saturated rings. The molecule has 0 amide bonds. The molecular formula is C33H31F3N6O2. The highest BCUT2D eigenvalue weighted by atomic mass is 19.1. The number of phenols is 1. The molecule has 2 bridgehead atoms. The molecule has 11 heteroatoms. The number of fused-ring (bicyclic) bond motifs is 6. The number of aromatic hydroxyl groups is 1. The fourth-order valence-corrected chi connectivity index (χ4v) is 7.10. The standard InChI is InChI=1S/C33H31F3N6O2/c1-2-23-26(35)7-4-18-10-22(43)11-24(27(18)23)29-28(36)30-25(14-38-29)31(42-16-20-5-6-21(42)13-37-20)40-32(39-30)44-17-33-8-3-9-41(33)15-19(34)12-33/h1,4,7,10-11,14,19-21,37,43H,3,5-6,8-9,12-13,15-17H2/t19-,20?,21?,33+/m1/s1/i9D2,17D2,19D. The lowest BCUT2D eigenvalue weighted by Gasteiger charge is -2.46. The molecule has 5 saturated heterocycles. The predicted molar refractivity (Wildman–Crippen MR) is 160 cm³/mol. The number of benzene rings is 2. The number of rotatable bonds is 5. The van der Waals surface area contributed by atoms with Crippen LogP contribution in [0, 0.1) is 24.0 Å². The topological polar surface area (TPSA) is 86.6 Å². The van der Waals surface area contributed by atoms with Gasteiger partial charge in [0.1, 0.15) is 41.3 Å². The van der Waals surface area contributed by atoms with Crippen molar-refractivity contribution in [3.8, 4) is 35.4 Å². The van der Waals surface area contributed by atoms with Crippen LogP contribution in [0.15, 0.2) is 30.5 Å². The van der Waals surface area contributed by atoms with E-state index in [2.05, 4.69) is 26.2 Å². The summed E-state index contributed by atoms with van der Waals surface area (Å²) in [6.07, 6.45) is 5.22. The van der Waals surface area contributed by atoms with Crippen LogP contribution < -0.4 is 15.0 Å². The number of terminal acetylenes is 1. The van der Waals surface area contributed by atoms with E-state index in [9.17, 15) is 9.50 Å². The fraction of sp³-hybridized carbons (Fsp3) is 0.424. The second-order valence-corrected chi connectivity index (χ2v) is 11.8. The SMILES string of the molecule is [2H]C1([2H])CC[C@@]2(C([2H])([2H])Oc3nc(N4CC5CCC4CN5)c4cnc(-c5cc(O)cc6ccc(F)c(C#C)c56)c(F)c4n3)C[C@@]([2H])(F)CN12. The van der Waals surface area contributed by atoms with Gasteiger partial charge in [0.25, 0.3) is 0 Å². The number of piperazine rings is 1. The summed E-state index contributed by atoms with van der Waals surface area (Å²) < 4.78 is 95.8. The van der Waals surface area contributed by atoms with Crippen molar-refractivity contribution in [2.45, 2.75) is 55.9 Å². The molecule has 0 aliphatic carbocycles. The number of anilines is 1. The Morgan fingerprint density at radius 2 is 2.16 bits per heavy atom. The number of ether oxygens (including phenoxy) is 1. The molecule has 226 valence electrons. The van der Waals surface area contributed by atoms with Crippen molar-refractivity contribution in [3.63, 3.8) is 0 Å². The fourth-order valence-electron chi connectivity index (χ4n) is 7.10. The first-order chi connectivity index (χ1) is 23.1. The van der Waals surface area contributed by atoms with E-state index in [4.69, 9.17) is 18.0 Å². The van der Waals surface area contributed by atoms with E-state index in [1.54, 1.807) is 0 Å². The zero-order valence-corrected chi connectivity index (χ0v) is 23.5. The largest absolute Gasteiger partial charge is 0.508 e. The van der Waals surface area contributed by atoms with Crippen LogP contribution in [0.25, 0.3) is 32.9 Å². The zero-order valence-electron chi connectivity index (χ0n) is 28.5. The molecule has 44 heavy (non-hydrogen) atoms. The van der Waals surface area contributed by atoms with Crippen LogP contribution in [0.3, 0.4) is 0 Å². The van der Waals surface area contributed by atoms with Gasteiger partial charge in [-0.3, -0.25) is 9.88 Å². The molecule has 2 unspecified atom stereocenters. The lowest BCUT2D eigenvalue weighted by molar-refractivity contribution is 0.107. The van der Waals surface area contributed by atoms with E-state index >= 15 is 8.78 Å². The van der Waals surface area contributed by atoms with Gasteiger partial charge in [-0.1, -0.05) is 12.0 Å². The number of piperidine rings is 2. The molecule has 2 aromatic carbocycles. The normalized spacial score (nSPS) is 31.2. The average molecular weight is 606 g/mol. The molecule has 5 aliphatic rings. The number of hydrogen-bond acceptors (Lipinski definition) is 8. The first-order valence-corrected chi connectivity index (χ1v) is 14.6. The maximum absolute atomic E-state index is 16.9. The number of aromatic nitrogens is 3. The highest BCUT2D eigenvalue weighted by Gasteiger charge is 2.49. The van der Waals surface area contributed by atoms with Crippen LogP contribution in [0.2, 0.25) is 0 Å². The Labute approximate surface area is 259 Å². The number of halogens is 3. The number of alkyl halides is 1. The van der Waals surface area contributed by atoms with Crippen LogP contribution in [-0.4, -0.2) is 81.4 Å². The molecule has 8 nitrogen and oxygen atoms in total. The number of phenolic OH excluding ortho intramolecular Hbond substituents is 1. The molecule has 0 radical (unpaired) electrons. The van der Waals surface area contributed by atoms with Gasteiger partial charge < -0.3 is 20.1 Å². The maximum Gasteiger partial charge on any atom is 0.319 e. The summed E-state index contributed by atoms with van der Waals surface area (Å²) >= 11 is 0. The van der Waals surface area contributed by atoms with Gasteiger partial charge in [0.2, 0.25) is 0 Å². The second kappa shape index (κ2) is 10.2. The van der Waals surface area contributed by atoms with Crippen LogP contribution in [0.4, 0.5) is 19.0 Å². The average Bonchev–Trinajstić information content (AvgIpc) is 3.50. The Balaban J connectivity index is 1.32. The van der Waals surface area contributed by atoms with Crippen LogP contribution in [0.1, 0.15) is 44.5 Å². The predicted octanol–water partition coefficient (Wildman–Crippen LogP) is 4.71. The van der Waals surface area contributed by atoms with E-state index in [0.29, 0.717) is 18.5 Å². The van der Waals surface area contributed by atoms with Crippen molar-refractivity contribution >= 4 is 27.5 Å². The molecule has 9 rings (SSSR count). The lowest BCUT2D eigenvalue weighted by Crippen LogP contribution is -2.61. The maximum atomic E-state index is 16.9. The molecule has 2 aromatic heterocycles. The lowest BCUT2D eigenvalue weighted by atomic mass is 9.92. The van der Waals surface area contributed by atoms with Gasteiger partial charge in [-0.2, -0.15) is 9.97 Å². The molecule has 0 spiro atoms. The van der Waals surface area contributed by atoms with E-state index in [-0.39, 0.29) is 69.6 Å². The Hall–Kier alpha value is -4.14. The monoisotopic (exact) mass is 605 g/mol. The van der Waals surface area contributed by atoms with Crippen LogP contribution >= 0.6 is 0 Å². The van der Waals surface area contributed by atoms with Gasteiger partial charge in [0.15, 0.2) is 5.82 Å². The van der Waals surface area contributed by atoms with Crippen molar-refractivity contribution in [2.75, 3.05) is 37.6 Å². The molecular weight excluding hydrogens is 569 g/mol. The summed E-state index contributed by atoms with van der Waals surface area (Å²) in [4.78, 5) is 16.3. The van der Waals surface area contributed by atoms with Gasteiger partial charge in [-0.25, -0.2) is 13.2 Å². The van der Waals surface area contributed by atoms with Crippen molar-refractivity contribution in [1.82, 2.24) is 25.2 Å². The van der Waals surface area contributed by atoms with Crippen molar-refractivity contribution in [1.29, 1.82) is 0 Å². The minimum absolute atomic E-state index is 0.00412. The summed E-state index contributed by atoms with van der Waals surface area (Å²) in [6.45, 7) is -4.42. The highest BCUT2D eigenvalue weighted by molar-refractivity contribution is 6.03. The van der Waals surface area contributed by atoms with E-state index < -0.39 is 55.4 Å². The Morgan fingerprint density at radius 1 is 1.27 bits per heavy atom. The zero-order chi connectivity index (χ0) is 34.7. The highest BCUT2D eigenvalue weighted by Crippen LogP contribution is 2.42. The third-order valence-corrected chi connectivity index (χ3v) is 9.22. The third kappa shape index (κ3) is 4.26.